The van der Waals surface area contributed by atoms with Crippen molar-refractivity contribution in [3.63, 3.8) is 0 Å². The number of ether oxygens (including phenoxy) is 1. The summed E-state index contributed by atoms with van der Waals surface area (Å²) in [6, 6.07) is 16.4. The van der Waals surface area contributed by atoms with Gasteiger partial charge in [0.05, 0.1) is 4.70 Å². The van der Waals surface area contributed by atoms with Gasteiger partial charge in [-0.2, -0.15) is 4.98 Å². The summed E-state index contributed by atoms with van der Waals surface area (Å²) in [6.07, 6.45) is 4.95. The molecule has 4 aromatic heterocycles. The summed E-state index contributed by atoms with van der Waals surface area (Å²) in [5.41, 5.74) is 4.52. The van der Waals surface area contributed by atoms with Crippen molar-refractivity contribution in [1.29, 1.82) is 0 Å². The van der Waals surface area contributed by atoms with Gasteiger partial charge < -0.3 is 14.8 Å². The predicted octanol–water partition coefficient (Wildman–Crippen LogP) is 7.09. The minimum absolute atomic E-state index is 0.250. The molecule has 7 rings (SSSR count). The van der Waals surface area contributed by atoms with E-state index in [0.717, 1.165) is 52.7 Å². The molecule has 0 unspecified atom stereocenters. The summed E-state index contributed by atoms with van der Waals surface area (Å²) in [7, 11) is 0. The van der Waals surface area contributed by atoms with Crippen LogP contribution in [-0.4, -0.2) is 38.0 Å². The molecular weight excluding hydrogens is 528 g/mol. The summed E-state index contributed by atoms with van der Waals surface area (Å²) in [6.45, 7) is 2.67. The van der Waals surface area contributed by atoms with Crippen molar-refractivity contribution in [3.8, 4) is 10.9 Å². The fourth-order valence-corrected chi connectivity index (χ4v) is 6.89. The van der Waals surface area contributed by atoms with E-state index in [1.54, 1.807) is 6.20 Å². The van der Waals surface area contributed by atoms with E-state index in [4.69, 9.17) is 26.2 Å². The number of H-pyrrole nitrogens is 1. The van der Waals surface area contributed by atoms with Crippen molar-refractivity contribution in [1.82, 2.24) is 19.9 Å². The zero-order valence-electron chi connectivity index (χ0n) is 19.5. The van der Waals surface area contributed by atoms with Crippen LogP contribution in [0.4, 0.5) is 0 Å². The maximum absolute atomic E-state index is 8.36. The van der Waals surface area contributed by atoms with Gasteiger partial charge in [0, 0.05) is 63.6 Å². The highest BCUT2D eigenvalue weighted by Gasteiger charge is 2.22. The number of aromatic amines is 1. The second-order valence-electron chi connectivity index (χ2n) is 8.64. The Bertz CT molecular complexity index is 1710. The SMILES string of the molecule is Clc1ccc2sc3c(c2c1)CN(Cc1c[nH]c2cc(Oc4nc5ncccc5s4)ccc12)CC3.O=CO. The van der Waals surface area contributed by atoms with E-state index in [0.29, 0.717) is 5.19 Å². The van der Waals surface area contributed by atoms with E-state index in [1.807, 2.05) is 41.7 Å². The Morgan fingerprint density at radius 2 is 2.03 bits per heavy atom. The van der Waals surface area contributed by atoms with Crippen molar-refractivity contribution in [2.75, 3.05) is 6.54 Å². The van der Waals surface area contributed by atoms with Crippen molar-refractivity contribution in [2.24, 2.45) is 0 Å². The maximum atomic E-state index is 8.36. The van der Waals surface area contributed by atoms with Gasteiger partial charge in [0.1, 0.15) is 5.75 Å². The fourth-order valence-electron chi connectivity index (χ4n) is 4.74. The highest BCUT2D eigenvalue weighted by Crippen LogP contribution is 2.37. The number of nitrogens with zero attached hydrogens (tertiary/aromatic N) is 3. The highest BCUT2D eigenvalue weighted by molar-refractivity contribution is 7.20. The van der Waals surface area contributed by atoms with Crippen LogP contribution in [0.3, 0.4) is 0 Å². The molecule has 0 radical (unpaired) electrons. The third-order valence-electron chi connectivity index (χ3n) is 6.36. The summed E-state index contributed by atoms with van der Waals surface area (Å²) in [4.78, 5) is 24.6. The Morgan fingerprint density at radius 3 is 2.89 bits per heavy atom. The normalized spacial score (nSPS) is 13.4. The number of thiophene rings is 1. The molecule has 1 aliphatic rings. The summed E-state index contributed by atoms with van der Waals surface area (Å²) >= 11 is 9.70. The number of pyridine rings is 1. The number of aromatic nitrogens is 3. The highest BCUT2D eigenvalue weighted by atomic mass is 35.5. The molecule has 0 fully saturated rings. The van der Waals surface area contributed by atoms with Crippen LogP contribution in [0.5, 0.6) is 10.9 Å². The Kier molecular flexibility index (Phi) is 6.52. The molecule has 7 nitrogen and oxygen atoms in total. The van der Waals surface area contributed by atoms with Gasteiger partial charge in [-0.15, -0.1) is 11.3 Å². The third kappa shape index (κ3) is 4.78. The fraction of sp³-hybridized carbons (Fsp3) is 0.148. The molecule has 2 aromatic carbocycles. The molecule has 10 heteroatoms. The minimum Gasteiger partial charge on any atom is -0.483 e. The van der Waals surface area contributed by atoms with E-state index in [9.17, 15) is 0 Å². The molecule has 1 aliphatic heterocycles. The van der Waals surface area contributed by atoms with Gasteiger partial charge in [0.15, 0.2) is 5.65 Å². The molecule has 5 heterocycles. The summed E-state index contributed by atoms with van der Waals surface area (Å²) < 4.78 is 8.39. The standard InChI is InChI=1S/C26H19ClN4OS2.CH2O2/c27-16-3-6-22-19(10-16)20-14-31(9-7-23(20)33-22)13-15-12-29-21-11-17(4-5-18(15)21)32-26-30-25-24(34-26)2-1-8-28-25;2-1-3/h1-6,8,10-12,29H,7,9,13-14H2;1H,(H,2,3). The second kappa shape index (κ2) is 10.1. The lowest BCUT2D eigenvalue weighted by molar-refractivity contribution is -0.122. The molecule has 0 saturated heterocycles. The Morgan fingerprint density at radius 1 is 1.14 bits per heavy atom. The molecule has 2 N–H and O–H groups in total. The van der Waals surface area contributed by atoms with Crippen LogP contribution in [-0.2, 0) is 24.3 Å². The van der Waals surface area contributed by atoms with Gasteiger partial charge in [0.2, 0.25) is 0 Å². The lowest BCUT2D eigenvalue weighted by atomic mass is 10.0. The lowest BCUT2D eigenvalue weighted by Gasteiger charge is -2.27. The van der Waals surface area contributed by atoms with Crippen LogP contribution in [0.1, 0.15) is 16.0 Å². The van der Waals surface area contributed by atoms with E-state index in [1.165, 1.54) is 42.8 Å². The number of carbonyl (C=O) groups is 1. The minimum atomic E-state index is -0.250. The number of thiazole rings is 1. The zero-order valence-corrected chi connectivity index (χ0v) is 21.9. The molecule has 0 saturated carbocycles. The number of nitrogens with one attached hydrogen (secondary N) is 1. The monoisotopic (exact) mass is 548 g/mol. The lowest BCUT2D eigenvalue weighted by Crippen LogP contribution is -2.29. The van der Waals surface area contributed by atoms with Crippen LogP contribution in [0.15, 0.2) is 60.9 Å². The van der Waals surface area contributed by atoms with Crippen molar-refractivity contribution in [3.05, 3.63) is 82.0 Å². The Balaban J connectivity index is 0.000000804. The van der Waals surface area contributed by atoms with Gasteiger partial charge >= 0.3 is 0 Å². The Hall–Kier alpha value is -3.50. The van der Waals surface area contributed by atoms with Crippen molar-refractivity contribution < 1.29 is 14.6 Å². The first kappa shape index (κ1) is 23.9. The van der Waals surface area contributed by atoms with Crippen LogP contribution < -0.4 is 4.74 Å². The Labute approximate surface area is 224 Å². The van der Waals surface area contributed by atoms with Crippen LogP contribution in [0.2, 0.25) is 5.02 Å². The van der Waals surface area contributed by atoms with Crippen molar-refractivity contribution >= 4 is 72.1 Å². The third-order valence-corrected chi connectivity index (χ3v) is 8.75. The smallest absolute Gasteiger partial charge is 0.290 e. The number of halogens is 1. The van der Waals surface area contributed by atoms with E-state index in [2.05, 4.69) is 44.2 Å². The quantitative estimate of drug-likeness (QED) is 0.228. The second-order valence-corrected chi connectivity index (χ2v) is 11.2. The zero-order chi connectivity index (χ0) is 25.4. The van der Waals surface area contributed by atoms with Crippen molar-refractivity contribution in [2.45, 2.75) is 19.5 Å². The van der Waals surface area contributed by atoms with Crippen LogP contribution >= 0.6 is 34.3 Å². The number of hydrogen-bond acceptors (Lipinski definition) is 7. The topological polar surface area (TPSA) is 91.3 Å². The number of fused-ring (bicyclic) bond motifs is 5. The van der Waals surface area contributed by atoms with Crippen LogP contribution in [0.25, 0.3) is 31.3 Å². The first-order chi connectivity index (χ1) is 18.1. The molecule has 0 spiro atoms. The predicted molar refractivity (Wildman–Crippen MR) is 149 cm³/mol. The largest absolute Gasteiger partial charge is 0.483 e. The molecule has 6 aromatic rings. The summed E-state index contributed by atoms with van der Waals surface area (Å²) in [5.74, 6) is 0.768. The van der Waals surface area contributed by atoms with E-state index < -0.39 is 0 Å². The molecule has 0 amide bonds. The molecule has 0 atom stereocenters. The molecule has 0 aliphatic carbocycles. The number of hydrogen-bond donors (Lipinski definition) is 2. The first-order valence-corrected chi connectivity index (χ1v) is 13.6. The first-order valence-electron chi connectivity index (χ1n) is 11.6. The number of benzene rings is 2. The molecule has 186 valence electrons. The molecule has 37 heavy (non-hydrogen) atoms. The van der Waals surface area contributed by atoms with Gasteiger partial charge in [-0.05, 0) is 65.4 Å². The van der Waals surface area contributed by atoms with Gasteiger partial charge in [-0.25, -0.2) is 4.98 Å². The molecule has 0 bridgehead atoms. The summed E-state index contributed by atoms with van der Waals surface area (Å²) in [5, 5.41) is 10.8. The molecular formula is C27H21ClN4O3S2. The van der Waals surface area contributed by atoms with Gasteiger partial charge in [-0.3, -0.25) is 9.69 Å². The number of rotatable bonds is 4. The average molecular weight is 549 g/mol. The van der Waals surface area contributed by atoms with E-state index >= 15 is 0 Å². The maximum Gasteiger partial charge on any atom is 0.290 e. The average Bonchev–Trinajstić information content (AvgIpc) is 3.59. The van der Waals surface area contributed by atoms with Gasteiger partial charge in [0.25, 0.3) is 11.7 Å². The van der Waals surface area contributed by atoms with Gasteiger partial charge in [-0.1, -0.05) is 22.9 Å². The van der Waals surface area contributed by atoms with E-state index in [-0.39, 0.29) is 6.47 Å². The van der Waals surface area contributed by atoms with Crippen LogP contribution in [0, 0.1) is 0 Å². The number of carboxylic acid groups (broad SMARTS) is 1.